The van der Waals surface area contributed by atoms with Gasteiger partial charge in [-0.25, -0.2) is 0 Å². The predicted molar refractivity (Wildman–Crippen MR) is 96.9 cm³/mol. The molecule has 2 rings (SSSR count). The molecule has 5 nitrogen and oxygen atoms in total. The second-order valence-corrected chi connectivity index (χ2v) is 7.51. The molecule has 0 bridgehead atoms. The minimum atomic E-state index is 0.531. The van der Waals surface area contributed by atoms with E-state index >= 15 is 0 Å². The van der Waals surface area contributed by atoms with Crippen LogP contribution in [0.15, 0.2) is 4.99 Å². The Morgan fingerprint density at radius 2 is 1.83 bits per heavy atom. The topological polar surface area (TPSA) is 48.9 Å². The van der Waals surface area contributed by atoms with Crippen molar-refractivity contribution in [3.63, 3.8) is 0 Å². The van der Waals surface area contributed by atoms with Gasteiger partial charge in [-0.15, -0.1) is 0 Å². The number of aliphatic imine (C=N–C) groups is 1. The number of hydrogen-bond acceptors (Lipinski definition) is 3. The molecule has 1 saturated heterocycles. The van der Waals surface area contributed by atoms with Crippen molar-refractivity contribution in [3.8, 4) is 0 Å². The van der Waals surface area contributed by atoms with Crippen LogP contribution in [0.1, 0.15) is 46.5 Å². The second kappa shape index (κ2) is 9.48. The molecular weight excluding hydrogens is 288 g/mol. The molecule has 1 aliphatic carbocycles. The fourth-order valence-electron chi connectivity index (χ4n) is 3.69. The zero-order valence-electron chi connectivity index (χ0n) is 15.5. The molecule has 0 radical (unpaired) electrons. The molecule has 134 valence electrons. The van der Waals surface area contributed by atoms with Crippen molar-refractivity contribution in [1.29, 1.82) is 0 Å². The minimum Gasteiger partial charge on any atom is -0.379 e. The van der Waals surface area contributed by atoms with Crippen LogP contribution in [0.3, 0.4) is 0 Å². The van der Waals surface area contributed by atoms with Crippen molar-refractivity contribution < 1.29 is 4.74 Å². The number of nitrogens with one attached hydrogen (secondary N) is 2. The predicted octanol–water partition coefficient (Wildman–Crippen LogP) is 2.09. The zero-order chi connectivity index (χ0) is 16.7. The van der Waals surface area contributed by atoms with Crippen LogP contribution in [0.25, 0.3) is 0 Å². The molecule has 0 aromatic heterocycles. The van der Waals surface area contributed by atoms with Crippen LogP contribution < -0.4 is 10.6 Å². The lowest BCUT2D eigenvalue weighted by Gasteiger charge is -2.37. The van der Waals surface area contributed by atoms with E-state index in [9.17, 15) is 0 Å². The fraction of sp³-hybridized carbons (Fsp3) is 0.944. The van der Waals surface area contributed by atoms with Crippen LogP contribution in [0.2, 0.25) is 0 Å². The van der Waals surface area contributed by atoms with Gasteiger partial charge in [-0.2, -0.15) is 0 Å². The van der Waals surface area contributed by atoms with E-state index in [1.54, 1.807) is 0 Å². The Balaban J connectivity index is 1.80. The van der Waals surface area contributed by atoms with Gasteiger partial charge in [-0.05, 0) is 37.5 Å². The molecule has 1 saturated carbocycles. The van der Waals surface area contributed by atoms with Crippen molar-refractivity contribution in [2.75, 3.05) is 39.9 Å². The second-order valence-electron chi connectivity index (χ2n) is 7.51. The molecule has 5 heteroatoms. The summed E-state index contributed by atoms with van der Waals surface area (Å²) in [4.78, 5) is 6.98. The number of nitrogens with zero attached hydrogens (tertiary/aromatic N) is 2. The summed E-state index contributed by atoms with van der Waals surface area (Å²) >= 11 is 0. The number of ether oxygens (including phenoxy) is 1. The Morgan fingerprint density at radius 3 is 2.39 bits per heavy atom. The first-order valence-electron chi connectivity index (χ1n) is 9.39. The molecule has 2 fully saturated rings. The summed E-state index contributed by atoms with van der Waals surface area (Å²) in [5, 5.41) is 7.18. The highest BCUT2D eigenvalue weighted by Gasteiger charge is 2.24. The molecule has 23 heavy (non-hydrogen) atoms. The molecule has 2 N–H and O–H groups in total. The maximum Gasteiger partial charge on any atom is 0.191 e. The number of rotatable bonds is 5. The summed E-state index contributed by atoms with van der Waals surface area (Å²) in [7, 11) is 1.87. The fourth-order valence-corrected chi connectivity index (χ4v) is 3.69. The number of hydrogen-bond donors (Lipinski definition) is 2. The first-order chi connectivity index (χ1) is 11.1. The van der Waals surface area contributed by atoms with Crippen LogP contribution in [0, 0.1) is 11.8 Å². The van der Waals surface area contributed by atoms with Crippen molar-refractivity contribution in [2.45, 2.75) is 58.5 Å². The smallest absolute Gasteiger partial charge is 0.191 e. The monoisotopic (exact) mass is 324 g/mol. The van der Waals surface area contributed by atoms with E-state index in [1.807, 2.05) is 7.05 Å². The lowest BCUT2D eigenvalue weighted by Crippen LogP contribution is -2.53. The maximum absolute atomic E-state index is 5.49. The molecule has 1 heterocycles. The van der Waals surface area contributed by atoms with Gasteiger partial charge in [-0.1, -0.05) is 20.8 Å². The van der Waals surface area contributed by atoms with Crippen molar-refractivity contribution in [2.24, 2.45) is 16.8 Å². The van der Waals surface area contributed by atoms with E-state index in [2.05, 4.69) is 41.3 Å². The standard InChI is InChI=1S/C18H36N4O/c1-14(2)17(22-9-11-23-12-10-22)13-20-18(19-4)21-16-7-5-15(3)6-8-16/h14-17H,5-13H2,1-4H3,(H2,19,20,21). The van der Waals surface area contributed by atoms with Crippen LogP contribution in [-0.2, 0) is 4.74 Å². The third-order valence-corrected chi connectivity index (χ3v) is 5.34. The van der Waals surface area contributed by atoms with E-state index in [4.69, 9.17) is 4.74 Å². The van der Waals surface area contributed by atoms with Crippen LogP contribution >= 0.6 is 0 Å². The highest BCUT2D eigenvalue weighted by molar-refractivity contribution is 5.80. The summed E-state index contributed by atoms with van der Waals surface area (Å²) in [6.07, 6.45) is 5.19. The van der Waals surface area contributed by atoms with Gasteiger partial charge in [0.05, 0.1) is 13.2 Å². The molecule has 2 aliphatic rings. The lowest BCUT2D eigenvalue weighted by molar-refractivity contribution is 0.00751. The molecule has 1 aliphatic heterocycles. The zero-order valence-corrected chi connectivity index (χ0v) is 15.5. The SMILES string of the molecule is CN=C(NCC(C(C)C)N1CCOCC1)NC1CCC(C)CC1. The summed E-state index contributed by atoms with van der Waals surface area (Å²) in [6, 6.07) is 1.11. The lowest BCUT2D eigenvalue weighted by atomic mass is 9.87. The van der Waals surface area contributed by atoms with Gasteiger partial charge in [-0.3, -0.25) is 9.89 Å². The highest BCUT2D eigenvalue weighted by atomic mass is 16.5. The van der Waals surface area contributed by atoms with E-state index in [1.165, 1.54) is 25.7 Å². The third kappa shape index (κ3) is 5.96. The summed E-state index contributed by atoms with van der Waals surface area (Å²) < 4.78 is 5.49. The van der Waals surface area contributed by atoms with Crippen molar-refractivity contribution in [3.05, 3.63) is 0 Å². The third-order valence-electron chi connectivity index (χ3n) is 5.34. The molecule has 0 aromatic carbocycles. The Kier molecular flexibility index (Phi) is 7.63. The largest absolute Gasteiger partial charge is 0.379 e. The average molecular weight is 325 g/mol. The van der Waals surface area contributed by atoms with Gasteiger partial charge in [0.15, 0.2) is 5.96 Å². The first kappa shape index (κ1) is 18.5. The highest BCUT2D eigenvalue weighted by Crippen LogP contribution is 2.23. The number of morpholine rings is 1. The molecule has 0 spiro atoms. The van der Waals surface area contributed by atoms with Crippen LogP contribution in [0.5, 0.6) is 0 Å². The number of guanidine groups is 1. The molecular formula is C18H36N4O. The molecule has 0 amide bonds. The Hall–Kier alpha value is -0.810. The summed E-state index contributed by atoms with van der Waals surface area (Å²) in [6.45, 7) is 11.7. The van der Waals surface area contributed by atoms with Gasteiger partial charge in [0.25, 0.3) is 0 Å². The Bertz CT molecular complexity index is 358. The first-order valence-corrected chi connectivity index (χ1v) is 9.39. The van der Waals surface area contributed by atoms with E-state index in [-0.39, 0.29) is 0 Å². The van der Waals surface area contributed by atoms with Gasteiger partial charge >= 0.3 is 0 Å². The van der Waals surface area contributed by atoms with Gasteiger partial charge in [0.2, 0.25) is 0 Å². The average Bonchev–Trinajstić information content (AvgIpc) is 2.56. The molecule has 1 unspecified atom stereocenters. The van der Waals surface area contributed by atoms with Gasteiger partial charge in [0.1, 0.15) is 0 Å². The summed E-state index contributed by atoms with van der Waals surface area (Å²) in [5.74, 6) is 2.47. The quantitative estimate of drug-likeness (QED) is 0.600. The molecule has 0 aromatic rings. The molecule has 1 atom stereocenters. The normalized spacial score (nSPS) is 28.7. The van der Waals surface area contributed by atoms with Crippen LogP contribution in [-0.4, -0.2) is 62.8 Å². The Morgan fingerprint density at radius 1 is 1.17 bits per heavy atom. The van der Waals surface area contributed by atoms with Gasteiger partial charge < -0.3 is 15.4 Å². The van der Waals surface area contributed by atoms with Crippen molar-refractivity contribution in [1.82, 2.24) is 15.5 Å². The van der Waals surface area contributed by atoms with Gasteiger partial charge in [0, 0.05) is 38.8 Å². The minimum absolute atomic E-state index is 0.531. The van der Waals surface area contributed by atoms with E-state index in [0.29, 0.717) is 18.0 Å². The summed E-state index contributed by atoms with van der Waals surface area (Å²) in [5.41, 5.74) is 0. The van der Waals surface area contributed by atoms with E-state index in [0.717, 1.165) is 44.7 Å². The van der Waals surface area contributed by atoms with E-state index < -0.39 is 0 Å². The maximum atomic E-state index is 5.49. The Labute approximate surface area is 142 Å². The van der Waals surface area contributed by atoms with Crippen LogP contribution in [0.4, 0.5) is 0 Å². The van der Waals surface area contributed by atoms with Crippen molar-refractivity contribution >= 4 is 5.96 Å².